The minimum atomic E-state index is -2.75. The van der Waals surface area contributed by atoms with Gasteiger partial charge in [-0.2, -0.15) is 0 Å². The maximum absolute atomic E-state index is 13.3. The van der Waals surface area contributed by atoms with E-state index in [2.05, 4.69) is 10.1 Å². The van der Waals surface area contributed by atoms with Crippen LogP contribution in [-0.4, -0.2) is 22.3 Å². The molecule has 5 nitrogen and oxygen atoms in total. The van der Waals surface area contributed by atoms with Crippen molar-refractivity contribution in [2.75, 3.05) is 6.61 Å². The number of nitrogens with two attached hydrogens (primary N) is 1. The molecule has 0 aliphatic carbocycles. The summed E-state index contributed by atoms with van der Waals surface area (Å²) in [5.74, 6) is 0.429. The molecule has 0 aliphatic heterocycles. The highest BCUT2D eigenvalue weighted by molar-refractivity contribution is 5.57. The summed E-state index contributed by atoms with van der Waals surface area (Å²) in [6.07, 6.45) is 0.734. The molecule has 0 fully saturated rings. The molecule has 0 unspecified atom stereocenters. The minimum Gasteiger partial charge on any atom is -0.490 e. The third kappa shape index (κ3) is 4.72. The van der Waals surface area contributed by atoms with Crippen LogP contribution < -0.4 is 10.5 Å². The third-order valence-corrected chi connectivity index (χ3v) is 3.25. The smallest absolute Gasteiger partial charge is 0.284 e. The Kier molecular flexibility index (Phi) is 5.30. The van der Waals surface area contributed by atoms with Crippen molar-refractivity contribution in [2.45, 2.75) is 39.2 Å². The Morgan fingerprint density at radius 1 is 1.35 bits per heavy atom. The average Bonchev–Trinajstić information content (AvgIpc) is 2.97. The summed E-state index contributed by atoms with van der Waals surface area (Å²) in [6.45, 7) is 6.07. The van der Waals surface area contributed by atoms with Crippen molar-refractivity contribution < 1.29 is 18.0 Å². The Labute approximate surface area is 133 Å². The van der Waals surface area contributed by atoms with Gasteiger partial charge in [-0.1, -0.05) is 19.0 Å². The van der Waals surface area contributed by atoms with E-state index in [9.17, 15) is 8.78 Å². The molecule has 126 valence electrons. The second kappa shape index (κ2) is 7.04. The lowest BCUT2D eigenvalue weighted by molar-refractivity contribution is 0.134. The van der Waals surface area contributed by atoms with E-state index in [-0.39, 0.29) is 12.4 Å². The summed E-state index contributed by atoms with van der Waals surface area (Å²) in [5, 5.41) is 3.54. The van der Waals surface area contributed by atoms with Crippen LogP contribution in [0.2, 0.25) is 0 Å². The van der Waals surface area contributed by atoms with Gasteiger partial charge in [-0.25, -0.2) is 13.8 Å². The number of hydrogen-bond acceptors (Lipinski definition) is 5. The molecule has 0 aliphatic rings. The molecule has 2 aromatic rings. The Morgan fingerprint density at radius 2 is 2.09 bits per heavy atom. The van der Waals surface area contributed by atoms with Gasteiger partial charge in [0.05, 0.1) is 17.5 Å². The van der Waals surface area contributed by atoms with Gasteiger partial charge >= 0.3 is 0 Å². The molecule has 0 aromatic carbocycles. The van der Waals surface area contributed by atoms with Gasteiger partial charge in [0.15, 0.2) is 0 Å². The standard InChI is InChI=1S/C16H21F2N3O2/c1-10(2)6-16(3,19)9-22-13-5-4-12(11-7-20-23-8-11)21-14(13)15(17)18/h4-5,7-8,10,15H,6,9,19H2,1-3H3/t16-/m0/s1. The molecule has 0 saturated heterocycles. The van der Waals surface area contributed by atoms with Gasteiger partial charge in [0.1, 0.15) is 24.3 Å². The fraction of sp³-hybridized carbons (Fsp3) is 0.500. The van der Waals surface area contributed by atoms with E-state index >= 15 is 0 Å². The van der Waals surface area contributed by atoms with Crippen molar-refractivity contribution in [1.82, 2.24) is 10.1 Å². The van der Waals surface area contributed by atoms with Crippen LogP contribution in [-0.2, 0) is 0 Å². The SMILES string of the molecule is CC(C)C[C@](C)(N)COc1ccc(-c2cnoc2)nc1C(F)F. The van der Waals surface area contributed by atoms with E-state index in [1.807, 2.05) is 20.8 Å². The molecular weight excluding hydrogens is 304 g/mol. The fourth-order valence-electron chi connectivity index (χ4n) is 2.47. The highest BCUT2D eigenvalue weighted by Gasteiger charge is 2.24. The maximum atomic E-state index is 13.3. The molecule has 23 heavy (non-hydrogen) atoms. The van der Waals surface area contributed by atoms with Crippen LogP contribution in [0.1, 0.15) is 39.3 Å². The average molecular weight is 325 g/mol. The van der Waals surface area contributed by atoms with Crippen LogP contribution in [0.4, 0.5) is 8.78 Å². The van der Waals surface area contributed by atoms with Crippen molar-refractivity contribution in [3.63, 3.8) is 0 Å². The lowest BCUT2D eigenvalue weighted by Crippen LogP contribution is -2.43. The number of pyridine rings is 1. The van der Waals surface area contributed by atoms with E-state index in [1.165, 1.54) is 18.5 Å². The Hall–Kier alpha value is -2.02. The van der Waals surface area contributed by atoms with Crippen LogP contribution >= 0.6 is 0 Å². The second-order valence-electron chi connectivity index (χ2n) is 6.33. The third-order valence-electron chi connectivity index (χ3n) is 3.25. The van der Waals surface area contributed by atoms with Crippen molar-refractivity contribution in [2.24, 2.45) is 11.7 Å². The first-order valence-electron chi connectivity index (χ1n) is 7.39. The fourth-order valence-corrected chi connectivity index (χ4v) is 2.47. The zero-order valence-electron chi connectivity index (χ0n) is 13.4. The number of halogens is 2. The molecule has 0 bridgehead atoms. The van der Waals surface area contributed by atoms with Crippen LogP contribution in [0.5, 0.6) is 5.75 Å². The molecule has 2 N–H and O–H groups in total. The molecule has 0 radical (unpaired) electrons. The first-order chi connectivity index (χ1) is 10.8. The van der Waals surface area contributed by atoms with Crippen LogP contribution in [0.15, 0.2) is 29.1 Å². The van der Waals surface area contributed by atoms with Gasteiger partial charge < -0.3 is 15.0 Å². The van der Waals surface area contributed by atoms with Gasteiger partial charge in [-0.15, -0.1) is 0 Å². The summed E-state index contributed by atoms with van der Waals surface area (Å²) < 4.78 is 36.8. The van der Waals surface area contributed by atoms with Gasteiger partial charge in [0, 0.05) is 5.54 Å². The quantitative estimate of drug-likeness (QED) is 0.837. The second-order valence-corrected chi connectivity index (χ2v) is 6.33. The van der Waals surface area contributed by atoms with Crippen molar-refractivity contribution in [1.29, 1.82) is 0 Å². The van der Waals surface area contributed by atoms with E-state index in [1.54, 1.807) is 6.07 Å². The van der Waals surface area contributed by atoms with E-state index < -0.39 is 17.7 Å². The number of alkyl halides is 2. The molecule has 0 spiro atoms. The predicted molar refractivity (Wildman–Crippen MR) is 82.2 cm³/mol. The monoisotopic (exact) mass is 325 g/mol. The summed E-state index contributed by atoms with van der Waals surface area (Å²) in [6, 6.07) is 3.06. The first kappa shape index (κ1) is 17.3. The molecule has 7 heteroatoms. The number of hydrogen-bond donors (Lipinski definition) is 1. The van der Waals surface area contributed by atoms with Gasteiger partial charge in [0.25, 0.3) is 6.43 Å². The van der Waals surface area contributed by atoms with E-state index in [4.69, 9.17) is 15.0 Å². The number of nitrogens with zero attached hydrogens (tertiary/aromatic N) is 2. The normalized spacial score (nSPS) is 14.3. The van der Waals surface area contributed by atoms with E-state index in [0.29, 0.717) is 17.2 Å². The highest BCUT2D eigenvalue weighted by Crippen LogP contribution is 2.31. The molecular formula is C16H21F2N3O2. The molecule has 0 saturated carbocycles. The molecule has 2 heterocycles. The van der Waals surface area contributed by atoms with Gasteiger partial charge in [0.2, 0.25) is 0 Å². The van der Waals surface area contributed by atoms with Gasteiger partial charge in [-0.3, -0.25) is 0 Å². The lowest BCUT2D eigenvalue weighted by Gasteiger charge is -2.27. The van der Waals surface area contributed by atoms with Gasteiger partial charge in [-0.05, 0) is 31.4 Å². The van der Waals surface area contributed by atoms with Crippen molar-refractivity contribution in [3.8, 4) is 17.0 Å². The summed E-state index contributed by atoms with van der Waals surface area (Å²) in [5.41, 5.74) is 6.02. The maximum Gasteiger partial charge on any atom is 0.284 e. The lowest BCUT2D eigenvalue weighted by atomic mass is 9.93. The Bertz CT molecular complexity index is 628. The summed E-state index contributed by atoms with van der Waals surface area (Å²) in [4.78, 5) is 3.96. The topological polar surface area (TPSA) is 74.2 Å². The molecule has 0 amide bonds. The van der Waals surface area contributed by atoms with Crippen LogP contribution in [0, 0.1) is 5.92 Å². The largest absolute Gasteiger partial charge is 0.490 e. The van der Waals surface area contributed by atoms with E-state index in [0.717, 1.165) is 6.42 Å². The molecule has 1 atom stereocenters. The highest BCUT2D eigenvalue weighted by atomic mass is 19.3. The summed E-state index contributed by atoms with van der Waals surface area (Å²) >= 11 is 0. The zero-order chi connectivity index (χ0) is 17.0. The molecule has 2 aromatic heterocycles. The first-order valence-corrected chi connectivity index (χ1v) is 7.39. The van der Waals surface area contributed by atoms with Crippen molar-refractivity contribution in [3.05, 3.63) is 30.3 Å². The number of rotatable bonds is 7. The number of aromatic nitrogens is 2. The predicted octanol–water partition coefficient (Wildman–Crippen LogP) is 3.82. The molecule has 2 rings (SSSR count). The zero-order valence-corrected chi connectivity index (χ0v) is 13.4. The van der Waals surface area contributed by atoms with Crippen molar-refractivity contribution >= 4 is 0 Å². The Morgan fingerprint density at radius 3 is 2.65 bits per heavy atom. The van der Waals surface area contributed by atoms with Crippen LogP contribution in [0.3, 0.4) is 0 Å². The summed E-state index contributed by atoms with van der Waals surface area (Å²) in [7, 11) is 0. The number of ether oxygens (including phenoxy) is 1. The van der Waals surface area contributed by atoms with Crippen LogP contribution in [0.25, 0.3) is 11.3 Å². The Balaban J connectivity index is 2.18. The minimum absolute atomic E-state index is 0.0423.